The molecule has 0 bridgehead atoms. The topological polar surface area (TPSA) is 25.4 Å². The molecule has 0 atom stereocenters. The number of aromatic nitrogens is 1. The number of rotatable bonds is 4. The van der Waals surface area contributed by atoms with Crippen molar-refractivity contribution in [2.45, 2.75) is 0 Å². The van der Waals surface area contributed by atoms with Gasteiger partial charge >= 0.3 is 0 Å². The summed E-state index contributed by atoms with van der Waals surface area (Å²) in [6.07, 6.45) is 1.73. The molecule has 0 aliphatic rings. The number of halogens is 1. The molecule has 0 aromatic carbocycles. The molecule has 0 radical (unpaired) electrons. The van der Waals surface area contributed by atoms with Gasteiger partial charge in [0.2, 0.25) is 0 Å². The number of likely N-dealkylation sites (N-methyl/N-ethyl adjacent to an activating group) is 1. The van der Waals surface area contributed by atoms with Crippen LogP contribution in [0.15, 0.2) is 22.9 Å². The van der Waals surface area contributed by atoms with Crippen LogP contribution in [0, 0.1) is 0 Å². The van der Waals surface area contributed by atoms with E-state index < -0.39 is 0 Å². The van der Waals surface area contributed by atoms with Gasteiger partial charge < -0.3 is 9.64 Å². The summed E-state index contributed by atoms with van der Waals surface area (Å²) in [4.78, 5) is 6.13. The van der Waals surface area contributed by atoms with Gasteiger partial charge in [0.15, 0.2) is 5.75 Å². The van der Waals surface area contributed by atoms with Gasteiger partial charge in [-0.1, -0.05) is 0 Å². The number of ether oxygens (including phenoxy) is 1. The highest BCUT2D eigenvalue weighted by Gasteiger charge is 1.99. The summed E-state index contributed by atoms with van der Waals surface area (Å²) in [7, 11) is 4.03. The van der Waals surface area contributed by atoms with Crippen molar-refractivity contribution >= 4 is 15.9 Å². The molecule has 0 fully saturated rings. The summed E-state index contributed by atoms with van der Waals surface area (Å²) in [6.45, 7) is 1.58. The van der Waals surface area contributed by atoms with Gasteiger partial charge in [0.05, 0.1) is 0 Å². The molecule has 72 valence electrons. The van der Waals surface area contributed by atoms with Gasteiger partial charge in [-0.2, -0.15) is 0 Å². The molecule has 13 heavy (non-hydrogen) atoms. The fourth-order valence-corrected chi connectivity index (χ4v) is 1.18. The molecule has 0 unspecified atom stereocenters. The summed E-state index contributed by atoms with van der Waals surface area (Å²) < 4.78 is 6.25. The van der Waals surface area contributed by atoms with E-state index in [9.17, 15) is 0 Å². The number of pyridine rings is 1. The summed E-state index contributed by atoms with van der Waals surface area (Å²) in [6, 6.07) is 3.75. The van der Waals surface area contributed by atoms with Crippen LogP contribution < -0.4 is 4.74 Å². The predicted octanol–water partition coefficient (Wildman–Crippen LogP) is 1.78. The lowest BCUT2D eigenvalue weighted by Gasteiger charge is -2.11. The average molecular weight is 245 g/mol. The SMILES string of the molecule is CN(C)CCOc1cccnc1Br. The monoisotopic (exact) mass is 244 g/mol. The Kier molecular flexibility index (Phi) is 4.18. The number of nitrogens with zero attached hydrogens (tertiary/aromatic N) is 2. The highest BCUT2D eigenvalue weighted by molar-refractivity contribution is 9.10. The van der Waals surface area contributed by atoms with Crippen LogP contribution in [0.4, 0.5) is 0 Å². The van der Waals surface area contributed by atoms with E-state index in [0.29, 0.717) is 6.61 Å². The quantitative estimate of drug-likeness (QED) is 0.756. The molecule has 1 aromatic heterocycles. The average Bonchev–Trinajstić information content (AvgIpc) is 2.08. The Bertz CT molecular complexity index is 266. The van der Waals surface area contributed by atoms with Crippen molar-refractivity contribution in [2.24, 2.45) is 0 Å². The Morgan fingerprint density at radius 3 is 2.92 bits per heavy atom. The van der Waals surface area contributed by atoms with Gasteiger partial charge in [-0.15, -0.1) is 0 Å². The van der Waals surface area contributed by atoms with Gasteiger partial charge in [0.25, 0.3) is 0 Å². The Morgan fingerprint density at radius 1 is 1.54 bits per heavy atom. The molecule has 0 saturated carbocycles. The van der Waals surface area contributed by atoms with Crippen molar-refractivity contribution in [1.82, 2.24) is 9.88 Å². The molecular formula is C9H13BrN2O. The van der Waals surface area contributed by atoms with Crippen LogP contribution in [0.25, 0.3) is 0 Å². The Labute approximate surface area is 86.9 Å². The van der Waals surface area contributed by atoms with Crippen LogP contribution >= 0.6 is 15.9 Å². The fraction of sp³-hybridized carbons (Fsp3) is 0.444. The molecule has 1 aromatic rings. The predicted molar refractivity (Wildman–Crippen MR) is 56.0 cm³/mol. The van der Waals surface area contributed by atoms with E-state index in [1.54, 1.807) is 6.20 Å². The molecule has 0 N–H and O–H groups in total. The molecule has 1 rings (SSSR count). The van der Waals surface area contributed by atoms with Gasteiger partial charge in [-0.05, 0) is 42.2 Å². The third-order valence-electron chi connectivity index (χ3n) is 1.52. The van der Waals surface area contributed by atoms with Gasteiger partial charge in [0, 0.05) is 12.7 Å². The largest absolute Gasteiger partial charge is 0.489 e. The fourth-order valence-electron chi connectivity index (χ4n) is 0.817. The molecule has 0 aliphatic heterocycles. The molecule has 0 saturated heterocycles. The Hall–Kier alpha value is -0.610. The minimum absolute atomic E-state index is 0.678. The van der Waals surface area contributed by atoms with Gasteiger partial charge in [-0.3, -0.25) is 0 Å². The van der Waals surface area contributed by atoms with Gasteiger partial charge in [-0.25, -0.2) is 4.98 Å². The Morgan fingerprint density at radius 2 is 2.31 bits per heavy atom. The highest BCUT2D eigenvalue weighted by atomic mass is 79.9. The summed E-state index contributed by atoms with van der Waals surface area (Å²) in [5.74, 6) is 0.796. The van der Waals surface area contributed by atoms with Crippen LogP contribution in [0.3, 0.4) is 0 Å². The summed E-state index contributed by atoms with van der Waals surface area (Å²) in [5, 5.41) is 0. The van der Waals surface area contributed by atoms with Crippen LogP contribution in [-0.2, 0) is 0 Å². The first-order chi connectivity index (χ1) is 6.20. The molecule has 1 heterocycles. The first-order valence-corrected chi connectivity index (χ1v) is 4.87. The third kappa shape index (κ3) is 3.74. The van der Waals surface area contributed by atoms with Crippen molar-refractivity contribution in [3.8, 4) is 5.75 Å². The lowest BCUT2D eigenvalue weighted by molar-refractivity contribution is 0.259. The summed E-state index contributed by atoms with van der Waals surface area (Å²) >= 11 is 3.31. The van der Waals surface area contributed by atoms with E-state index in [4.69, 9.17) is 4.74 Å². The van der Waals surface area contributed by atoms with Crippen molar-refractivity contribution in [3.63, 3.8) is 0 Å². The Balaban J connectivity index is 2.41. The zero-order valence-corrected chi connectivity index (χ0v) is 9.41. The number of hydrogen-bond donors (Lipinski definition) is 0. The van der Waals surface area contributed by atoms with Crippen molar-refractivity contribution in [1.29, 1.82) is 0 Å². The maximum atomic E-state index is 5.50. The van der Waals surface area contributed by atoms with Crippen LogP contribution in [0.1, 0.15) is 0 Å². The summed E-state index contributed by atoms with van der Waals surface area (Å²) in [5.41, 5.74) is 0. The van der Waals surface area contributed by atoms with Crippen LogP contribution in [0.5, 0.6) is 5.75 Å². The highest BCUT2D eigenvalue weighted by Crippen LogP contribution is 2.20. The smallest absolute Gasteiger partial charge is 0.152 e. The molecule has 0 spiro atoms. The lowest BCUT2D eigenvalue weighted by atomic mass is 10.5. The second-order valence-corrected chi connectivity index (χ2v) is 3.70. The van der Waals surface area contributed by atoms with E-state index in [1.807, 2.05) is 26.2 Å². The molecule has 3 nitrogen and oxygen atoms in total. The third-order valence-corrected chi connectivity index (χ3v) is 2.12. The first-order valence-electron chi connectivity index (χ1n) is 4.08. The standard InChI is InChI=1S/C9H13BrN2O/c1-12(2)6-7-13-8-4-3-5-11-9(8)10/h3-5H,6-7H2,1-2H3. The van der Waals surface area contributed by atoms with E-state index >= 15 is 0 Å². The minimum Gasteiger partial charge on any atom is -0.489 e. The second kappa shape index (κ2) is 5.19. The van der Waals surface area contributed by atoms with Crippen LogP contribution in [0.2, 0.25) is 0 Å². The maximum Gasteiger partial charge on any atom is 0.152 e. The van der Waals surface area contributed by atoms with E-state index in [0.717, 1.165) is 16.9 Å². The van der Waals surface area contributed by atoms with Crippen molar-refractivity contribution in [3.05, 3.63) is 22.9 Å². The lowest BCUT2D eigenvalue weighted by Crippen LogP contribution is -2.19. The van der Waals surface area contributed by atoms with Crippen LogP contribution in [-0.4, -0.2) is 37.1 Å². The van der Waals surface area contributed by atoms with E-state index in [2.05, 4.69) is 25.8 Å². The normalized spacial score (nSPS) is 10.5. The zero-order chi connectivity index (χ0) is 9.68. The zero-order valence-electron chi connectivity index (χ0n) is 7.83. The van der Waals surface area contributed by atoms with Crippen molar-refractivity contribution in [2.75, 3.05) is 27.2 Å². The van der Waals surface area contributed by atoms with Crippen molar-refractivity contribution < 1.29 is 4.74 Å². The maximum absolute atomic E-state index is 5.50. The minimum atomic E-state index is 0.678. The molecular weight excluding hydrogens is 232 g/mol. The second-order valence-electron chi connectivity index (χ2n) is 2.94. The molecule has 0 aliphatic carbocycles. The first kappa shape index (κ1) is 10.5. The number of hydrogen-bond acceptors (Lipinski definition) is 3. The molecule has 4 heteroatoms. The molecule has 0 amide bonds. The van der Waals surface area contributed by atoms with E-state index in [1.165, 1.54) is 0 Å². The van der Waals surface area contributed by atoms with Gasteiger partial charge in [0.1, 0.15) is 11.2 Å². The van der Waals surface area contributed by atoms with E-state index in [-0.39, 0.29) is 0 Å².